The van der Waals surface area contributed by atoms with Gasteiger partial charge in [-0.1, -0.05) is 32.4 Å². The van der Waals surface area contributed by atoms with Gasteiger partial charge >= 0.3 is 5.97 Å². The van der Waals surface area contributed by atoms with Crippen molar-refractivity contribution in [2.45, 2.75) is 63.7 Å². The highest BCUT2D eigenvalue weighted by Crippen LogP contribution is 2.12. The van der Waals surface area contributed by atoms with Crippen LogP contribution in [0.5, 0.6) is 5.75 Å². The van der Waals surface area contributed by atoms with Gasteiger partial charge in [-0.3, -0.25) is 19.2 Å². The van der Waals surface area contributed by atoms with Crippen molar-refractivity contribution in [1.29, 1.82) is 0 Å². The topological polar surface area (TPSA) is 214 Å². The van der Waals surface area contributed by atoms with Crippen molar-refractivity contribution in [2.24, 2.45) is 17.4 Å². The van der Waals surface area contributed by atoms with Crippen molar-refractivity contribution in [2.75, 3.05) is 5.75 Å². The molecule has 5 unspecified atom stereocenters. The van der Waals surface area contributed by atoms with E-state index in [2.05, 4.69) is 28.6 Å². The van der Waals surface area contributed by atoms with Gasteiger partial charge in [0.1, 0.15) is 23.9 Å². The van der Waals surface area contributed by atoms with Crippen molar-refractivity contribution in [3.05, 3.63) is 29.8 Å². The highest BCUT2D eigenvalue weighted by Gasteiger charge is 2.31. The molecule has 1 rings (SSSR count). The molecule has 0 saturated heterocycles. The summed E-state index contributed by atoms with van der Waals surface area (Å²) >= 11 is 4.10. The third-order valence-corrected chi connectivity index (χ3v) is 6.01. The Morgan fingerprint density at radius 1 is 0.972 bits per heavy atom. The quantitative estimate of drug-likeness (QED) is 0.133. The molecular weight excluding hydrogens is 490 g/mol. The van der Waals surface area contributed by atoms with Gasteiger partial charge in [0.2, 0.25) is 23.6 Å². The molecule has 0 aliphatic carbocycles. The summed E-state index contributed by atoms with van der Waals surface area (Å²) in [5.74, 6) is -4.49. The normalized spacial score (nSPS) is 15.0. The largest absolute Gasteiger partial charge is 0.508 e. The molecule has 9 N–H and O–H groups in total. The van der Waals surface area contributed by atoms with E-state index >= 15 is 0 Å². The fourth-order valence-electron chi connectivity index (χ4n) is 3.19. The highest BCUT2D eigenvalue weighted by atomic mass is 32.1. The number of phenols is 1. The van der Waals surface area contributed by atoms with Crippen LogP contribution in [0.2, 0.25) is 0 Å². The number of carbonyl (C=O) groups is 5. The van der Waals surface area contributed by atoms with E-state index in [0.717, 1.165) is 0 Å². The Morgan fingerprint density at radius 3 is 2.03 bits per heavy atom. The van der Waals surface area contributed by atoms with E-state index in [-0.39, 0.29) is 36.7 Å². The van der Waals surface area contributed by atoms with Crippen molar-refractivity contribution in [3.63, 3.8) is 0 Å². The number of carboxylic acid groups (broad SMARTS) is 1. The average molecular weight is 526 g/mol. The molecule has 0 radical (unpaired) electrons. The summed E-state index contributed by atoms with van der Waals surface area (Å²) in [6.07, 6.45) is 0.354. The summed E-state index contributed by atoms with van der Waals surface area (Å²) in [5.41, 5.74) is 11.5. The number of hydrogen-bond acceptors (Lipinski definition) is 8. The maximum Gasteiger partial charge on any atom is 0.326 e. The van der Waals surface area contributed by atoms with Crippen LogP contribution in [0, 0.1) is 5.92 Å². The van der Waals surface area contributed by atoms with Crippen LogP contribution < -0.4 is 27.4 Å². The first-order chi connectivity index (χ1) is 16.9. The van der Waals surface area contributed by atoms with E-state index in [1.165, 1.54) is 12.1 Å². The number of carbonyl (C=O) groups excluding carboxylic acids is 4. The van der Waals surface area contributed by atoms with Gasteiger partial charge in [-0.2, -0.15) is 12.6 Å². The van der Waals surface area contributed by atoms with Gasteiger partial charge in [0, 0.05) is 18.6 Å². The lowest BCUT2D eigenvalue weighted by Gasteiger charge is -2.26. The van der Waals surface area contributed by atoms with Gasteiger partial charge in [0.05, 0.1) is 6.04 Å². The number of aromatic hydroxyl groups is 1. The Balaban J connectivity index is 3.03. The predicted molar refractivity (Wildman–Crippen MR) is 135 cm³/mol. The average Bonchev–Trinajstić information content (AvgIpc) is 2.83. The summed E-state index contributed by atoms with van der Waals surface area (Å²) in [7, 11) is 0. The van der Waals surface area contributed by atoms with Crippen LogP contribution in [-0.4, -0.2) is 69.7 Å². The van der Waals surface area contributed by atoms with Crippen LogP contribution in [0.3, 0.4) is 0 Å². The van der Waals surface area contributed by atoms with Crippen LogP contribution in [0.25, 0.3) is 0 Å². The van der Waals surface area contributed by atoms with E-state index in [1.807, 2.05) is 0 Å². The zero-order valence-electron chi connectivity index (χ0n) is 20.3. The Morgan fingerprint density at radius 2 is 1.53 bits per heavy atom. The predicted octanol–water partition coefficient (Wildman–Crippen LogP) is -0.958. The summed E-state index contributed by atoms with van der Waals surface area (Å²) < 4.78 is 0. The number of carboxylic acids is 1. The molecule has 1 aromatic carbocycles. The molecule has 0 aliphatic heterocycles. The molecule has 0 heterocycles. The van der Waals surface area contributed by atoms with Gasteiger partial charge in [-0.25, -0.2) is 4.79 Å². The monoisotopic (exact) mass is 525 g/mol. The maximum absolute atomic E-state index is 13.1. The fourth-order valence-corrected chi connectivity index (χ4v) is 3.45. The number of nitrogens with two attached hydrogens (primary N) is 2. The third-order valence-electron chi connectivity index (χ3n) is 5.64. The van der Waals surface area contributed by atoms with Crippen molar-refractivity contribution < 1.29 is 34.2 Å². The van der Waals surface area contributed by atoms with Crippen LogP contribution in [0.4, 0.5) is 0 Å². The molecular formula is C23H35N5O7S. The molecule has 0 spiro atoms. The minimum atomic E-state index is -1.20. The van der Waals surface area contributed by atoms with Gasteiger partial charge in [-0.05, 0) is 30.0 Å². The molecule has 0 aromatic heterocycles. The van der Waals surface area contributed by atoms with E-state index in [9.17, 15) is 34.2 Å². The van der Waals surface area contributed by atoms with E-state index in [4.69, 9.17) is 11.5 Å². The highest BCUT2D eigenvalue weighted by molar-refractivity contribution is 7.80. The Kier molecular flexibility index (Phi) is 12.7. The second-order valence-corrected chi connectivity index (χ2v) is 8.86. The van der Waals surface area contributed by atoms with Gasteiger partial charge in [0.25, 0.3) is 0 Å². The molecule has 12 nitrogen and oxygen atoms in total. The Hall–Kier alpha value is -3.32. The number of rotatable bonds is 15. The number of nitrogens with one attached hydrogen (secondary N) is 3. The maximum atomic E-state index is 13.1. The first kappa shape index (κ1) is 30.7. The molecule has 4 amide bonds. The standard InChI is InChI=1S/C23H35N5O7S/c1-3-12(2)19(23(34)35)28-22(33)17(11-36)27-21(32)16(10-13-4-6-14(29)7-5-13)26-20(31)15(24)8-9-18(25)30/h4-7,12,15-17,19,29,36H,3,8-11,24H2,1-2H3,(H2,25,30)(H,26,31)(H,27,32)(H,28,33)(H,34,35). The van der Waals surface area contributed by atoms with Gasteiger partial charge in [0.15, 0.2) is 0 Å². The number of amides is 4. The van der Waals surface area contributed by atoms with Crippen LogP contribution in [0.15, 0.2) is 24.3 Å². The molecule has 13 heteroatoms. The number of aliphatic carboxylic acids is 1. The zero-order valence-corrected chi connectivity index (χ0v) is 21.2. The molecule has 36 heavy (non-hydrogen) atoms. The first-order valence-corrected chi connectivity index (χ1v) is 12.1. The van der Waals surface area contributed by atoms with Crippen molar-refractivity contribution in [1.82, 2.24) is 16.0 Å². The van der Waals surface area contributed by atoms with Crippen LogP contribution in [0.1, 0.15) is 38.7 Å². The van der Waals surface area contributed by atoms with Crippen molar-refractivity contribution >= 4 is 42.2 Å². The van der Waals surface area contributed by atoms with E-state index in [0.29, 0.717) is 12.0 Å². The zero-order chi connectivity index (χ0) is 27.4. The SMILES string of the molecule is CCC(C)C(NC(=O)C(CS)NC(=O)C(Cc1ccc(O)cc1)NC(=O)C(N)CCC(N)=O)C(=O)O. The molecule has 0 fully saturated rings. The van der Waals surface area contributed by atoms with Crippen LogP contribution >= 0.6 is 12.6 Å². The van der Waals surface area contributed by atoms with E-state index in [1.54, 1.807) is 26.0 Å². The lowest BCUT2D eigenvalue weighted by Crippen LogP contribution is -2.58. The lowest BCUT2D eigenvalue weighted by molar-refractivity contribution is -0.143. The van der Waals surface area contributed by atoms with E-state index < -0.39 is 53.8 Å². The smallest absolute Gasteiger partial charge is 0.326 e. The van der Waals surface area contributed by atoms with Gasteiger partial charge < -0.3 is 37.6 Å². The summed E-state index contributed by atoms with van der Waals surface area (Å²) in [4.78, 5) is 60.9. The molecule has 200 valence electrons. The minimum absolute atomic E-state index is 0.00801. The fraction of sp³-hybridized carbons (Fsp3) is 0.522. The Labute approximate surface area is 215 Å². The number of thiol groups is 1. The third kappa shape index (κ3) is 10.1. The molecule has 5 atom stereocenters. The lowest BCUT2D eigenvalue weighted by atomic mass is 9.99. The number of phenolic OH excluding ortho intramolecular Hbond substituents is 1. The number of benzene rings is 1. The summed E-state index contributed by atoms with van der Waals surface area (Å²) in [6.45, 7) is 3.47. The molecule has 0 bridgehead atoms. The number of hydrogen-bond donors (Lipinski definition) is 8. The van der Waals surface area contributed by atoms with Crippen LogP contribution in [-0.2, 0) is 30.4 Å². The molecule has 0 aliphatic rings. The second-order valence-electron chi connectivity index (χ2n) is 8.50. The summed E-state index contributed by atoms with van der Waals surface area (Å²) in [6, 6.07) is 1.31. The van der Waals surface area contributed by atoms with Gasteiger partial charge in [-0.15, -0.1) is 0 Å². The first-order valence-electron chi connectivity index (χ1n) is 11.5. The second kappa shape index (κ2) is 14.9. The number of primary amides is 1. The minimum Gasteiger partial charge on any atom is -0.508 e. The molecule has 1 aromatic rings. The summed E-state index contributed by atoms with van der Waals surface area (Å²) in [5, 5.41) is 26.4. The van der Waals surface area contributed by atoms with Crippen molar-refractivity contribution in [3.8, 4) is 5.75 Å². The Bertz CT molecular complexity index is 928. The molecule has 0 saturated carbocycles.